The van der Waals surface area contributed by atoms with Crippen LogP contribution in [-0.4, -0.2) is 28.6 Å². The van der Waals surface area contributed by atoms with Crippen molar-refractivity contribution in [2.75, 3.05) is 11.4 Å². The molecule has 0 amide bonds. The van der Waals surface area contributed by atoms with E-state index in [4.69, 9.17) is 0 Å². The number of carboxylic acid groups (broad SMARTS) is 1. The number of aromatic nitrogens is 1. The maximum absolute atomic E-state index is 11.3. The van der Waals surface area contributed by atoms with E-state index in [0.717, 1.165) is 36.1 Å². The van der Waals surface area contributed by atoms with E-state index in [0.29, 0.717) is 16.8 Å². The molecule has 2 aliphatic carbocycles. The Morgan fingerprint density at radius 2 is 2.17 bits per heavy atom. The Kier molecular flexibility index (Phi) is 2.22. The molecule has 2 atom stereocenters. The number of carbonyl (C=O) groups is 1. The number of rotatable bonds is 3. The van der Waals surface area contributed by atoms with E-state index in [1.165, 1.54) is 30.6 Å². The van der Waals surface area contributed by atoms with Crippen molar-refractivity contribution in [3.63, 3.8) is 0 Å². The van der Waals surface area contributed by atoms with Crippen LogP contribution in [0.3, 0.4) is 0 Å². The van der Waals surface area contributed by atoms with Crippen LogP contribution < -0.4 is 4.90 Å². The molecule has 1 saturated heterocycles. The van der Waals surface area contributed by atoms with Gasteiger partial charge in [0.25, 0.3) is 0 Å². The number of thiazole rings is 1. The fraction of sp³-hybridized carbons (Fsp3) is 0.692. The second-order valence-corrected chi connectivity index (χ2v) is 6.75. The normalized spacial score (nSPS) is 30.1. The van der Waals surface area contributed by atoms with E-state index in [1.807, 2.05) is 0 Å². The Bertz CT molecular complexity index is 509. The zero-order chi connectivity index (χ0) is 12.3. The van der Waals surface area contributed by atoms with Crippen LogP contribution in [0.15, 0.2) is 0 Å². The molecule has 3 aliphatic rings. The van der Waals surface area contributed by atoms with Crippen molar-refractivity contribution in [3.05, 3.63) is 10.6 Å². The molecule has 3 fully saturated rings. The fourth-order valence-electron chi connectivity index (χ4n) is 3.39. The summed E-state index contributed by atoms with van der Waals surface area (Å²) in [5.74, 6) is 0.433. The first-order valence-corrected chi connectivity index (χ1v) is 7.54. The highest BCUT2D eigenvalue weighted by Gasteiger charge is 2.40. The summed E-state index contributed by atoms with van der Waals surface area (Å²) >= 11 is 1.39. The molecule has 5 heteroatoms. The number of fused-ring (bicyclic) bond motifs is 2. The van der Waals surface area contributed by atoms with E-state index in [2.05, 4.69) is 9.88 Å². The molecular weight excluding hydrogens is 248 g/mol. The van der Waals surface area contributed by atoms with Crippen molar-refractivity contribution in [2.45, 2.75) is 44.1 Å². The average Bonchev–Trinajstić information content (AvgIpc) is 2.82. The summed E-state index contributed by atoms with van der Waals surface area (Å²) in [6.45, 7) is 1.08. The number of piperidine rings is 1. The van der Waals surface area contributed by atoms with E-state index in [9.17, 15) is 9.90 Å². The van der Waals surface area contributed by atoms with Crippen molar-refractivity contribution in [1.29, 1.82) is 0 Å². The van der Waals surface area contributed by atoms with Crippen LogP contribution in [0.5, 0.6) is 0 Å². The maximum Gasteiger partial charge on any atom is 0.347 e. The predicted molar refractivity (Wildman–Crippen MR) is 69.5 cm³/mol. The van der Waals surface area contributed by atoms with E-state index in [1.54, 1.807) is 0 Å². The molecule has 1 N–H and O–H groups in total. The zero-order valence-electron chi connectivity index (χ0n) is 10.1. The summed E-state index contributed by atoms with van der Waals surface area (Å²) in [6.07, 6.45) is 6.09. The minimum absolute atomic E-state index is 0.417. The number of hydrogen-bond donors (Lipinski definition) is 1. The molecule has 2 unspecified atom stereocenters. The molecule has 4 nitrogen and oxygen atoms in total. The molecule has 96 valence electrons. The van der Waals surface area contributed by atoms with Gasteiger partial charge in [0.15, 0.2) is 5.13 Å². The van der Waals surface area contributed by atoms with Crippen molar-refractivity contribution in [3.8, 4) is 0 Å². The summed E-state index contributed by atoms with van der Waals surface area (Å²) in [6, 6.07) is 0.620. The van der Waals surface area contributed by atoms with Crippen LogP contribution in [0, 0.1) is 5.92 Å². The molecule has 18 heavy (non-hydrogen) atoms. The number of anilines is 1. The second kappa shape index (κ2) is 3.70. The molecule has 0 spiro atoms. The van der Waals surface area contributed by atoms with Gasteiger partial charge in [0, 0.05) is 18.5 Å². The summed E-state index contributed by atoms with van der Waals surface area (Å²) in [5, 5.41) is 10.2. The molecule has 1 aliphatic heterocycles. The molecule has 0 aromatic carbocycles. The third-order valence-electron chi connectivity index (χ3n) is 4.46. The quantitative estimate of drug-likeness (QED) is 0.912. The van der Waals surface area contributed by atoms with Gasteiger partial charge in [0.2, 0.25) is 0 Å². The first-order chi connectivity index (χ1) is 8.72. The Morgan fingerprint density at radius 3 is 2.72 bits per heavy atom. The number of carboxylic acids is 1. The highest BCUT2D eigenvalue weighted by atomic mass is 32.1. The Morgan fingerprint density at radius 1 is 1.33 bits per heavy atom. The molecule has 2 bridgehead atoms. The lowest BCUT2D eigenvalue weighted by molar-refractivity contribution is 0.0700. The van der Waals surface area contributed by atoms with Gasteiger partial charge in [-0.15, -0.1) is 0 Å². The maximum atomic E-state index is 11.3. The Hall–Kier alpha value is -1.10. The average molecular weight is 264 g/mol. The van der Waals surface area contributed by atoms with E-state index >= 15 is 0 Å². The van der Waals surface area contributed by atoms with Gasteiger partial charge < -0.3 is 10.0 Å². The summed E-state index contributed by atoms with van der Waals surface area (Å²) < 4.78 is 0. The number of nitrogens with zero attached hydrogens (tertiary/aromatic N) is 2. The Balaban J connectivity index is 1.69. The zero-order valence-corrected chi connectivity index (χ0v) is 10.9. The van der Waals surface area contributed by atoms with E-state index < -0.39 is 5.97 Å². The van der Waals surface area contributed by atoms with Gasteiger partial charge in [-0.3, -0.25) is 0 Å². The first kappa shape index (κ1) is 10.8. The predicted octanol–water partition coefficient (Wildman–Crippen LogP) is 2.71. The van der Waals surface area contributed by atoms with Gasteiger partial charge in [0.05, 0.1) is 5.69 Å². The van der Waals surface area contributed by atoms with Crippen LogP contribution in [0.1, 0.15) is 53.4 Å². The molecule has 2 saturated carbocycles. The molecule has 0 radical (unpaired) electrons. The smallest absolute Gasteiger partial charge is 0.347 e. The third kappa shape index (κ3) is 1.56. The lowest BCUT2D eigenvalue weighted by Gasteiger charge is -2.26. The molecule has 1 aromatic rings. The van der Waals surface area contributed by atoms with Crippen LogP contribution in [0.2, 0.25) is 0 Å². The highest BCUT2D eigenvalue weighted by Crippen LogP contribution is 2.47. The Labute approximate surface area is 110 Å². The van der Waals surface area contributed by atoms with Gasteiger partial charge in [-0.05, 0) is 38.0 Å². The van der Waals surface area contributed by atoms with Crippen LogP contribution in [-0.2, 0) is 0 Å². The third-order valence-corrected chi connectivity index (χ3v) is 5.55. The summed E-state index contributed by atoms with van der Waals surface area (Å²) in [4.78, 5) is 18.8. The number of hydrogen-bond acceptors (Lipinski definition) is 4. The molecular formula is C13H16N2O2S. The molecule has 2 heterocycles. The largest absolute Gasteiger partial charge is 0.477 e. The minimum Gasteiger partial charge on any atom is -0.477 e. The lowest BCUT2D eigenvalue weighted by Crippen LogP contribution is -2.31. The van der Waals surface area contributed by atoms with Gasteiger partial charge in [-0.1, -0.05) is 11.3 Å². The van der Waals surface area contributed by atoms with Gasteiger partial charge in [-0.2, -0.15) is 0 Å². The summed E-state index contributed by atoms with van der Waals surface area (Å²) in [7, 11) is 0. The van der Waals surface area contributed by atoms with Crippen molar-refractivity contribution in [2.24, 2.45) is 5.92 Å². The van der Waals surface area contributed by atoms with Crippen LogP contribution >= 0.6 is 11.3 Å². The van der Waals surface area contributed by atoms with Crippen LogP contribution in [0.4, 0.5) is 5.13 Å². The number of aromatic carboxylic acids is 1. The van der Waals surface area contributed by atoms with E-state index in [-0.39, 0.29) is 0 Å². The SMILES string of the molecule is O=C(O)c1sc(N2CC3CCC2C3)nc1C1CC1. The fourth-order valence-corrected chi connectivity index (χ4v) is 4.46. The van der Waals surface area contributed by atoms with Crippen molar-refractivity contribution >= 4 is 22.4 Å². The van der Waals surface area contributed by atoms with Crippen LogP contribution in [0.25, 0.3) is 0 Å². The highest BCUT2D eigenvalue weighted by molar-refractivity contribution is 7.17. The first-order valence-electron chi connectivity index (χ1n) is 6.73. The standard InChI is InChI=1S/C13H16N2O2S/c16-12(17)11-10(8-2-3-8)14-13(18-11)15-6-7-1-4-9(15)5-7/h7-9H,1-6H2,(H,16,17). The van der Waals surface area contributed by atoms with Crippen molar-refractivity contribution in [1.82, 2.24) is 4.98 Å². The monoisotopic (exact) mass is 264 g/mol. The van der Waals surface area contributed by atoms with Gasteiger partial charge in [-0.25, -0.2) is 9.78 Å². The minimum atomic E-state index is -0.801. The van der Waals surface area contributed by atoms with Gasteiger partial charge in [0.1, 0.15) is 4.88 Å². The molecule has 4 rings (SSSR count). The van der Waals surface area contributed by atoms with Crippen molar-refractivity contribution < 1.29 is 9.90 Å². The van der Waals surface area contributed by atoms with Gasteiger partial charge >= 0.3 is 5.97 Å². The summed E-state index contributed by atoms with van der Waals surface area (Å²) in [5.41, 5.74) is 0.852. The lowest BCUT2D eigenvalue weighted by atomic mass is 10.1. The topological polar surface area (TPSA) is 53.4 Å². The second-order valence-electron chi connectivity index (χ2n) is 5.78. The molecule has 1 aromatic heterocycles.